The van der Waals surface area contributed by atoms with Gasteiger partial charge in [0.15, 0.2) is 0 Å². The smallest absolute Gasteiger partial charge is 0.268 e. The number of aliphatic hydroxyl groups is 1. The van der Waals surface area contributed by atoms with Crippen molar-refractivity contribution in [2.75, 3.05) is 40.9 Å². The third-order valence-corrected chi connectivity index (χ3v) is 13.6. The largest absolute Gasteiger partial charge is 0.756 e. The van der Waals surface area contributed by atoms with Gasteiger partial charge in [-0.05, 0) is 103 Å². The van der Waals surface area contributed by atoms with Gasteiger partial charge in [0.2, 0.25) is 5.91 Å². The van der Waals surface area contributed by atoms with Crippen LogP contribution in [0.25, 0.3) is 0 Å². The first-order valence-electron chi connectivity index (χ1n) is 30.0. The van der Waals surface area contributed by atoms with E-state index < -0.39 is 26.6 Å². The first-order chi connectivity index (χ1) is 36.5. The number of aliphatic hydroxyl groups excluding tert-OH is 1. The molecule has 3 atom stereocenters. The van der Waals surface area contributed by atoms with Crippen LogP contribution >= 0.6 is 7.82 Å². The molecule has 0 saturated carbocycles. The minimum absolute atomic E-state index is 0.0156. The van der Waals surface area contributed by atoms with Gasteiger partial charge < -0.3 is 28.8 Å². The van der Waals surface area contributed by atoms with E-state index in [4.69, 9.17) is 9.05 Å². The van der Waals surface area contributed by atoms with Crippen LogP contribution in [0.1, 0.15) is 226 Å². The Labute approximate surface area is 462 Å². The zero-order chi connectivity index (χ0) is 54.9. The number of phosphoric ester groups is 1. The van der Waals surface area contributed by atoms with E-state index in [1.807, 2.05) is 27.2 Å². The highest BCUT2D eigenvalue weighted by molar-refractivity contribution is 7.45. The molecule has 428 valence electrons. The standard InChI is InChI=1S/C66H113N2O6P/c1-6-8-10-12-14-16-18-20-22-24-26-27-28-29-30-31-32-33-34-35-36-37-38-39-40-41-42-44-46-48-50-52-54-56-58-60-66(70)67-64(63-74-75(71,72)73-62-61-68(3,4)5)65(69)59-57-55-53-51-49-47-45-43-25-23-21-19-17-15-13-11-9-7-2/h8,10,14,16,20,22,26-27,29-30,32-33,35-36,38-39,41-42,49,51,57,59,64-65,69H,6-7,9,11-13,15,17-19,21,23-25,28,31,34,37,40,43-48,50,52-56,58,60-63H2,1-5H3,(H-,67,70,71,72)/b10-8-,16-14-,22-20-,27-26-,30-29-,33-32-,36-35-,39-38-,42-41-,51-49+,59-57+. The molecule has 8 nitrogen and oxygen atoms in total. The summed E-state index contributed by atoms with van der Waals surface area (Å²) in [5.74, 6) is -0.224. The van der Waals surface area contributed by atoms with Crippen LogP contribution in [0.15, 0.2) is 134 Å². The molecule has 3 unspecified atom stereocenters. The molecule has 0 spiro atoms. The molecule has 0 bridgehead atoms. The minimum atomic E-state index is -4.62. The van der Waals surface area contributed by atoms with Gasteiger partial charge in [-0.25, -0.2) is 0 Å². The summed E-state index contributed by atoms with van der Waals surface area (Å²) in [6.07, 6.45) is 83.9. The van der Waals surface area contributed by atoms with Crippen LogP contribution < -0.4 is 10.2 Å². The van der Waals surface area contributed by atoms with Crippen molar-refractivity contribution in [3.63, 3.8) is 0 Å². The Morgan fingerprint density at radius 1 is 0.480 bits per heavy atom. The zero-order valence-electron chi connectivity index (χ0n) is 48.7. The highest BCUT2D eigenvalue weighted by Crippen LogP contribution is 2.38. The number of quaternary nitrogens is 1. The molecule has 0 aliphatic heterocycles. The lowest BCUT2D eigenvalue weighted by Gasteiger charge is -2.29. The lowest BCUT2D eigenvalue weighted by Crippen LogP contribution is -2.45. The van der Waals surface area contributed by atoms with Crippen molar-refractivity contribution in [3.8, 4) is 0 Å². The minimum Gasteiger partial charge on any atom is -0.756 e. The van der Waals surface area contributed by atoms with Gasteiger partial charge >= 0.3 is 0 Å². The van der Waals surface area contributed by atoms with E-state index in [0.717, 1.165) is 109 Å². The number of carbonyl (C=O) groups excluding carboxylic acids is 1. The summed E-state index contributed by atoms with van der Waals surface area (Å²) in [6.45, 7) is 4.49. The number of amides is 1. The van der Waals surface area contributed by atoms with E-state index in [-0.39, 0.29) is 12.5 Å². The highest BCUT2D eigenvalue weighted by atomic mass is 31.2. The lowest BCUT2D eigenvalue weighted by molar-refractivity contribution is -0.870. The fourth-order valence-corrected chi connectivity index (χ4v) is 8.65. The molecule has 75 heavy (non-hydrogen) atoms. The topological polar surface area (TPSA) is 108 Å². The average molecular weight is 1060 g/mol. The van der Waals surface area contributed by atoms with Crippen LogP contribution in [0.4, 0.5) is 0 Å². The predicted molar refractivity (Wildman–Crippen MR) is 325 cm³/mol. The van der Waals surface area contributed by atoms with Gasteiger partial charge in [0.1, 0.15) is 13.2 Å². The Hall–Kier alpha value is -3.36. The summed E-state index contributed by atoms with van der Waals surface area (Å²) in [5, 5.41) is 13.9. The number of carbonyl (C=O) groups is 1. The maximum atomic E-state index is 13.0. The molecule has 1 amide bonds. The first kappa shape index (κ1) is 71.6. The number of nitrogens with zero attached hydrogens (tertiary/aromatic N) is 1. The number of hydrogen-bond acceptors (Lipinski definition) is 6. The number of unbranched alkanes of at least 4 members (excludes halogenated alkanes) is 20. The van der Waals surface area contributed by atoms with E-state index in [9.17, 15) is 19.4 Å². The van der Waals surface area contributed by atoms with Gasteiger partial charge in [0.25, 0.3) is 7.82 Å². The van der Waals surface area contributed by atoms with Gasteiger partial charge in [-0.15, -0.1) is 0 Å². The van der Waals surface area contributed by atoms with Crippen molar-refractivity contribution in [1.29, 1.82) is 0 Å². The van der Waals surface area contributed by atoms with Crippen molar-refractivity contribution in [2.24, 2.45) is 0 Å². The Morgan fingerprint density at radius 2 is 0.827 bits per heavy atom. The second kappa shape index (κ2) is 55.4. The Kier molecular flexibility index (Phi) is 52.9. The van der Waals surface area contributed by atoms with Crippen LogP contribution in [0, 0.1) is 0 Å². The molecule has 9 heteroatoms. The average Bonchev–Trinajstić information content (AvgIpc) is 3.37. The molecule has 0 fully saturated rings. The third-order valence-electron chi connectivity index (χ3n) is 12.6. The van der Waals surface area contributed by atoms with Crippen LogP contribution in [0.2, 0.25) is 0 Å². The van der Waals surface area contributed by atoms with E-state index in [1.165, 1.54) is 96.3 Å². The maximum Gasteiger partial charge on any atom is 0.268 e. The second-order valence-corrected chi connectivity index (χ2v) is 22.4. The summed E-state index contributed by atoms with van der Waals surface area (Å²) in [5.41, 5.74) is 0. The van der Waals surface area contributed by atoms with E-state index in [1.54, 1.807) is 6.08 Å². The zero-order valence-corrected chi connectivity index (χ0v) is 49.6. The van der Waals surface area contributed by atoms with E-state index >= 15 is 0 Å². The summed E-state index contributed by atoms with van der Waals surface area (Å²) >= 11 is 0. The molecule has 0 aromatic carbocycles. The molecular weight excluding hydrogens is 948 g/mol. The molecule has 0 saturated heterocycles. The van der Waals surface area contributed by atoms with Crippen LogP contribution in [0.5, 0.6) is 0 Å². The van der Waals surface area contributed by atoms with Crippen molar-refractivity contribution in [3.05, 3.63) is 134 Å². The summed E-state index contributed by atoms with van der Waals surface area (Å²) in [4.78, 5) is 25.5. The number of allylic oxidation sites excluding steroid dienone is 21. The van der Waals surface area contributed by atoms with Crippen molar-refractivity contribution >= 4 is 13.7 Å². The number of likely N-dealkylation sites (N-methyl/N-ethyl adjacent to an activating group) is 1. The number of nitrogens with one attached hydrogen (secondary N) is 1. The van der Waals surface area contributed by atoms with Gasteiger partial charge in [-0.1, -0.05) is 250 Å². The van der Waals surface area contributed by atoms with Crippen molar-refractivity contribution in [2.45, 2.75) is 238 Å². The Bertz CT molecular complexity index is 1680. The SMILES string of the molecule is CC/C=C\C/C=C\C/C=C\C/C=C\C/C=C\C/C=C\C/C=C\C/C=C\C/C=C\CCCCCCCCCC(=O)NC(COP(=O)([O-])OCC[N+](C)(C)C)C(O)/C=C/CC/C=C/CCCCCCCCCCCCCC. The molecule has 2 N–H and O–H groups in total. The molecule has 0 aromatic rings. The van der Waals surface area contributed by atoms with Crippen molar-refractivity contribution < 1.29 is 32.9 Å². The Balaban J connectivity index is 4.26. The summed E-state index contributed by atoms with van der Waals surface area (Å²) < 4.78 is 23.3. The first-order valence-corrected chi connectivity index (χ1v) is 31.5. The normalized spacial score (nSPS) is 14.8. The third kappa shape index (κ3) is 58.2. The summed E-state index contributed by atoms with van der Waals surface area (Å²) in [6, 6.07) is -0.920. The quantitative estimate of drug-likeness (QED) is 0.0272. The molecule has 0 rings (SSSR count). The lowest BCUT2D eigenvalue weighted by atomic mass is 10.0. The van der Waals surface area contributed by atoms with Gasteiger partial charge in [-0.3, -0.25) is 9.36 Å². The van der Waals surface area contributed by atoms with Crippen LogP contribution in [-0.4, -0.2) is 68.5 Å². The maximum absolute atomic E-state index is 13.0. The molecule has 0 aromatic heterocycles. The molecule has 0 heterocycles. The number of phosphoric acid groups is 1. The van der Waals surface area contributed by atoms with Gasteiger partial charge in [0.05, 0.1) is 39.9 Å². The molecular formula is C66H113N2O6P. The number of hydrogen-bond donors (Lipinski definition) is 2. The molecule has 0 aliphatic carbocycles. The predicted octanol–water partition coefficient (Wildman–Crippen LogP) is 18.1. The summed E-state index contributed by atoms with van der Waals surface area (Å²) in [7, 11) is 1.22. The van der Waals surface area contributed by atoms with Crippen LogP contribution in [-0.2, 0) is 18.4 Å². The van der Waals surface area contributed by atoms with Gasteiger partial charge in [-0.2, -0.15) is 0 Å². The van der Waals surface area contributed by atoms with Gasteiger partial charge in [0, 0.05) is 6.42 Å². The van der Waals surface area contributed by atoms with E-state index in [0.29, 0.717) is 17.4 Å². The number of rotatable bonds is 53. The highest BCUT2D eigenvalue weighted by Gasteiger charge is 2.23. The van der Waals surface area contributed by atoms with E-state index in [2.05, 4.69) is 141 Å². The van der Waals surface area contributed by atoms with Crippen molar-refractivity contribution in [1.82, 2.24) is 5.32 Å². The Morgan fingerprint density at radius 3 is 1.24 bits per heavy atom. The fourth-order valence-electron chi connectivity index (χ4n) is 7.93. The fraction of sp³-hybridized carbons (Fsp3) is 0.652. The monoisotopic (exact) mass is 1060 g/mol. The molecule has 0 aliphatic rings. The molecule has 0 radical (unpaired) electrons. The second-order valence-electron chi connectivity index (χ2n) is 21.0. The van der Waals surface area contributed by atoms with Crippen LogP contribution in [0.3, 0.4) is 0 Å².